The molecule has 0 spiro atoms. The minimum atomic E-state index is 0.180. The summed E-state index contributed by atoms with van der Waals surface area (Å²) in [5.74, 6) is 0.628. The Morgan fingerprint density at radius 2 is 1.87 bits per heavy atom. The predicted molar refractivity (Wildman–Crippen MR) is 119 cm³/mol. The summed E-state index contributed by atoms with van der Waals surface area (Å²) in [6, 6.07) is 6.77. The second kappa shape index (κ2) is 8.72. The molecule has 30 heavy (non-hydrogen) atoms. The third-order valence-electron chi connectivity index (χ3n) is 6.85. The van der Waals surface area contributed by atoms with Gasteiger partial charge < -0.3 is 9.88 Å². The molecule has 2 aromatic heterocycles. The van der Waals surface area contributed by atoms with Crippen molar-refractivity contribution in [1.29, 1.82) is 0 Å². The molecule has 5 rings (SSSR count). The summed E-state index contributed by atoms with van der Waals surface area (Å²) in [6.45, 7) is 2.96. The van der Waals surface area contributed by atoms with Crippen LogP contribution >= 0.6 is 0 Å². The summed E-state index contributed by atoms with van der Waals surface area (Å²) in [5.41, 5.74) is 5.10. The van der Waals surface area contributed by atoms with Gasteiger partial charge >= 0.3 is 0 Å². The van der Waals surface area contributed by atoms with Crippen molar-refractivity contribution in [3.05, 3.63) is 57.9 Å². The van der Waals surface area contributed by atoms with E-state index in [-0.39, 0.29) is 5.56 Å². The molecule has 2 aliphatic carbocycles. The molecule has 158 valence electrons. The van der Waals surface area contributed by atoms with E-state index in [1.807, 2.05) is 0 Å². The molecule has 0 aliphatic heterocycles. The van der Waals surface area contributed by atoms with Crippen molar-refractivity contribution in [2.75, 3.05) is 6.54 Å². The van der Waals surface area contributed by atoms with E-state index < -0.39 is 0 Å². The predicted octanol–water partition coefficient (Wildman–Crippen LogP) is 3.45. The first-order valence-corrected chi connectivity index (χ1v) is 11.5. The zero-order chi connectivity index (χ0) is 20.3. The van der Waals surface area contributed by atoms with Crippen LogP contribution in [0.2, 0.25) is 0 Å². The number of pyridine rings is 1. The Balaban J connectivity index is 1.43. The fourth-order valence-electron chi connectivity index (χ4n) is 5.21. The van der Waals surface area contributed by atoms with Crippen LogP contribution in [0.4, 0.5) is 0 Å². The Kier molecular flexibility index (Phi) is 5.67. The third-order valence-corrected chi connectivity index (χ3v) is 6.85. The van der Waals surface area contributed by atoms with E-state index in [2.05, 4.69) is 38.2 Å². The molecule has 6 heteroatoms. The third kappa shape index (κ3) is 4.06. The van der Waals surface area contributed by atoms with Crippen LogP contribution in [-0.2, 0) is 32.5 Å². The first kappa shape index (κ1) is 19.5. The minimum absolute atomic E-state index is 0.180. The molecular formula is C24H31N5O. The largest absolute Gasteiger partial charge is 0.311 e. The molecule has 1 aromatic carbocycles. The van der Waals surface area contributed by atoms with Gasteiger partial charge in [0.15, 0.2) is 0 Å². The van der Waals surface area contributed by atoms with Crippen molar-refractivity contribution in [2.45, 2.75) is 71.0 Å². The van der Waals surface area contributed by atoms with Gasteiger partial charge in [-0.25, -0.2) is 4.98 Å². The van der Waals surface area contributed by atoms with Crippen LogP contribution in [0.25, 0.3) is 10.9 Å². The second-order valence-corrected chi connectivity index (χ2v) is 8.96. The monoisotopic (exact) mass is 405 g/mol. The molecular weight excluding hydrogens is 374 g/mol. The van der Waals surface area contributed by atoms with Gasteiger partial charge in [0, 0.05) is 25.2 Å². The lowest BCUT2D eigenvalue weighted by atomic mass is 9.89. The van der Waals surface area contributed by atoms with Crippen LogP contribution in [0, 0.1) is 5.92 Å². The molecule has 0 bridgehead atoms. The molecule has 0 atom stereocenters. The number of hydrogen-bond donors (Lipinski definition) is 1. The van der Waals surface area contributed by atoms with E-state index in [1.54, 1.807) is 17.3 Å². The summed E-state index contributed by atoms with van der Waals surface area (Å²) in [4.78, 5) is 17.4. The Morgan fingerprint density at radius 3 is 2.67 bits per heavy atom. The lowest BCUT2D eigenvalue weighted by Gasteiger charge is -2.24. The van der Waals surface area contributed by atoms with Gasteiger partial charge in [-0.05, 0) is 72.7 Å². The first-order chi connectivity index (χ1) is 14.8. The molecule has 6 nitrogen and oxygen atoms in total. The average Bonchev–Trinajstić information content (AvgIpc) is 3.45. The van der Waals surface area contributed by atoms with Crippen LogP contribution in [0.15, 0.2) is 35.6 Å². The van der Waals surface area contributed by atoms with Gasteiger partial charge in [-0.15, -0.1) is 0 Å². The van der Waals surface area contributed by atoms with Gasteiger partial charge in [0.25, 0.3) is 5.56 Å². The van der Waals surface area contributed by atoms with E-state index >= 15 is 0 Å². The topological polar surface area (TPSA) is 64.7 Å². The first-order valence-electron chi connectivity index (χ1n) is 11.5. The Morgan fingerprint density at radius 1 is 1.03 bits per heavy atom. The van der Waals surface area contributed by atoms with Gasteiger partial charge in [0.2, 0.25) is 0 Å². The van der Waals surface area contributed by atoms with E-state index in [4.69, 9.17) is 0 Å². The standard InChI is InChI=1S/C24H31N5O/c30-24-22(14-25-9-10-28-17-26-16-27-28)12-21-11-19-7-4-8-20(19)13-23(21)29(24)15-18-5-2-1-3-6-18/h11-13,16-18,25H,1-10,14-15H2. The molecule has 0 radical (unpaired) electrons. The van der Waals surface area contributed by atoms with Crippen molar-refractivity contribution in [1.82, 2.24) is 24.6 Å². The lowest BCUT2D eigenvalue weighted by molar-refractivity contribution is 0.319. The molecule has 0 saturated heterocycles. The summed E-state index contributed by atoms with van der Waals surface area (Å²) >= 11 is 0. The molecule has 1 N–H and O–H groups in total. The molecule has 2 aliphatic rings. The van der Waals surface area contributed by atoms with Crippen molar-refractivity contribution in [2.24, 2.45) is 5.92 Å². The maximum absolute atomic E-state index is 13.5. The zero-order valence-corrected chi connectivity index (χ0v) is 17.6. The van der Waals surface area contributed by atoms with Gasteiger partial charge in [-0.1, -0.05) is 19.3 Å². The highest BCUT2D eigenvalue weighted by molar-refractivity contribution is 5.82. The number of benzene rings is 1. The van der Waals surface area contributed by atoms with Crippen LogP contribution in [0.1, 0.15) is 55.2 Å². The number of fused-ring (bicyclic) bond motifs is 2. The van der Waals surface area contributed by atoms with E-state index in [0.29, 0.717) is 12.5 Å². The smallest absolute Gasteiger partial charge is 0.255 e. The van der Waals surface area contributed by atoms with Crippen molar-refractivity contribution < 1.29 is 0 Å². The number of hydrogen-bond acceptors (Lipinski definition) is 4. The molecule has 0 amide bonds. The van der Waals surface area contributed by atoms with Crippen LogP contribution in [-0.4, -0.2) is 25.9 Å². The Bertz CT molecular complexity index is 1060. The maximum Gasteiger partial charge on any atom is 0.255 e. The van der Waals surface area contributed by atoms with Gasteiger partial charge in [0.1, 0.15) is 12.7 Å². The molecule has 1 saturated carbocycles. The number of nitrogens with one attached hydrogen (secondary N) is 1. The summed E-state index contributed by atoms with van der Waals surface area (Å²) < 4.78 is 3.90. The fraction of sp³-hybridized carbons (Fsp3) is 0.542. The van der Waals surface area contributed by atoms with Crippen LogP contribution in [0.3, 0.4) is 0 Å². The second-order valence-electron chi connectivity index (χ2n) is 8.96. The fourth-order valence-corrected chi connectivity index (χ4v) is 5.21. The highest BCUT2D eigenvalue weighted by Gasteiger charge is 2.19. The zero-order valence-electron chi connectivity index (χ0n) is 17.6. The summed E-state index contributed by atoms with van der Waals surface area (Å²) in [5, 5.41) is 8.78. The van der Waals surface area contributed by atoms with Gasteiger partial charge in [0.05, 0.1) is 12.1 Å². The van der Waals surface area contributed by atoms with Crippen molar-refractivity contribution in [3.63, 3.8) is 0 Å². The number of aryl methyl sites for hydroxylation is 2. The average molecular weight is 406 g/mol. The summed E-state index contributed by atoms with van der Waals surface area (Å²) in [6.07, 6.45) is 13.3. The summed E-state index contributed by atoms with van der Waals surface area (Å²) in [7, 11) is 0. The van der Waals surface area contributed by atoms with Crippen LogP contribution < -0.4 is 10.9 Å². The highest BCUT2D eigenvalue weighted by atomic mass is 16.1. The van der Waals surface area contributed by atoms with Crippen molar-refractivity contribution in [3.8, 4) is 0 Å². The Hall–Kier alpha value is -2.47. The molecule has 2 heterocycles. The number of rotatable bonds is 7. The van der Waals surface area contributed by atoms with Crippen molar-refractivity contribution >= 4 is 10.9 Å². The normalized spacial score (nSPS) is 16.9. The quantitative estimate of drug-likeness (QED) is 0.612. The molecule has 3 aromatic rings. The van der Waals surface area contributed by atoms with Gasteiger partial charge in [-0.3, -0.25) is 9.48 Å². The number of nitrogens with zero attached hydrogens (tertiary/aromatic N) is 4. The van der Waals surface area contributed by atoms with Gasteiger partial charge in [-0.2, -0.15) is 5.10 Å². The SMILES string of the molecule is O=c1c(CNCCn2cncn2)cc2cc3c(cc2n1CC1CCCCC1)CCC3. The van der Waals surface area contributed by atoms with Crippen LogP contribution in [0.5, 0.6) is 0 Å². The number of aromatic nitrogens is 4. The molecule has 0 unspecified atom stereocenters. The maximum atomic E-state index is 13.5. The molecule has 1 fully saturated rings. The Labute approximate surface area is 177 Å². The highest BCUT2D eigenvalue weighted by Crippen LogP contribution is 2.29. The van der Waals surface area contributed by atoms with E-state index in [9.17, 15) is 4.79 Å². The minimum Gasteiger partial charge on any atom is -0.311 e. The van der Waals surface area contributed by atoms with E-state index in [1.165, 1.54) is 61.5 Å². The lowest BCUT2D eigenvalue weighted by Crippen LogP contribution is -2.31. The van der Waals surface area contributed by atoms with E-state index in [0.717, 1.165) is 37.1 Å².